The molecule has 0 bridgehead atoms. The molecule has 84 valence electrons. The highest BCUT2D eigenvalue weighted by Crippen LogP contribution is 2.28. The highest BCUT2D eigenvalue weighted by atomic mass is 32.3. The molecule has 0 heterocycles. The molecule has 1 fully saturated rings. The van der Waals surface area contributed by atoms with Crippen molar-refractivity contribution in [3.63, 3.8) is 0 Å². The van der Waals surface area contributed by atoms with Gasteiger partial charge in [0.15, 0.2) is 0 Å². The van der Waals surface area contributed by atoms with Gasteiger partial charge in [0, 0.05) is 0 Å². The number of rotatable bonds is 3. The normalized spacial score (nSPS) is 29.3. The van der Waals surface area contributed by atoms with Gasteiger partial charge in [-0.25, -0.2) is 4.18 Å². The summed E-state index contributed by atoms with van der Waals surface area (Å²) in [5.74, 6) is 0. The molecule has 7 nitrogen and oxygen atoms in total. The second kappa shape index (κ2) is 3.74. The highest BCUT2D eigenvalue weighted by Gasteiger charge is 2.39. The third-order valence-corrected chi connectivity index (χ3v) is 3.81. The lowest BCUT2D eigenvalue weighted by Gasteiger charge is -2.14. The molecule has 0 aromatic carbocycles. The van der Waals surface area contributed by atoms with Crippen LogP contribution in [0.4, 0.5) is 0 Å². The summed E-state index contributed by atoms with van der Waals surface area (Å²) < 4.78 is 63.3. The van der Waals surface area contributed by atoms with Gasteiger partial charge in [-0.05, 0) is 19.3 Å². The van der Waals surface area contributed by atoms with E-state index in [1.54, 1.807) is 0 Å². The topological polar surface area (TPSA) is 118 Å². The Labute approximate surface area is 81.8 Å². The Morgan fingerprint density at radius 3 is 2.07 bits per heavy atom. The molecule has 0 aliphatic heterocycles. The number of hydrogen-bond acceptors (Lipinski definition) is 5. The molecule has 2 atom stereocenters. The van der Waals surface area contributed by atoms with Crippen molar-refractivity contribution in [3.05, 3.63) is 0 Å². The quantitative estimate of drug-likeness (QED) is 0.651. The van der Waals surface area contributed by atoms with E-state index in [-0.39, 0.29) is 12.8 Å². The van der Waals surface area contributed by atoms with E-state index in [0.717, 1.165) is 0 Å². The van der Waals surface area contributed by atoms with Crippen LogP contribution in [0, 0.1) is 0 Å². The Morgan fingerprint density at radius 2 is 1.64 bits per heavy atom. The molecule has 1 rings (SSSR count). The van der Waals surface area contributed by atoms with Gasteiger partial charge in [0.05, 0.1) is 6.10 Å². The molecule has 9 heteroatoms. The van der Waals surface area contributed by atoms with E-state index in [0.29, 0.717) is 6.42 Å². The summed E-state index contributed by atoms with van der Waals surface area (Å²) in [6, 6.07) is 0. The van der Waals surface area contributed by atoms with Crippen LogP contribution >= 0.6 is 0 Å². The van der Waals surface area contributed by atoms with Crippen molar-refractivity contribution >= 4 is 20.5 Å². The van der Waals surface area contributed by atoms with Crippen molar-refractivity contribution < 1.29 is 30.1 Å². The summed E-state index contributed by atoms with van der Waals surface area (Å²) in [4.78, 5) is 0. The lowest BCUT2D eigenvalue weighted by molar-refractivity contribution is 0.187. The van der Waals surface area contributed by atoms with Gasteiger partial charge in [0.1, 0.15) is 5.25 Å². The first-order chi connectivity index (χ1) is 6.20. The summed E-state index contributed by atoms with van der Waals surface area (Å²) in [5, 5.41) is -1.27. The van der Waals surface area contributed by atoms with Crippen LogP contribution in [0.3, 0.4) is 0 Å². The zero-order chi connectivity index (χ0) is 11.0. The van der Waals surface area contributed by atoms with E-state index in [4.69, 9.17) is 9.11 Å². The first-order valence-corrected chi connectivity index (χ1v) is 6.69. The molecule has 14 heavy (non-hydrogen) atoms. The van der Waals surface area contributed by atoms with Crippen LogP contribution in [0.5, 0.6) is 0 Å². The van der Waals surface area contributed by atoms with E-state index >= 15 is 0 Å². The van der Waals surface area contributed by atoms with E-state index in [1.807, 2.05) is 0 Å². The molecule has 0 spiro atoms. The van der Waals surface area contributed by atoms with E-state index in [2.05, 4.69) is 4.18 Å². The standard InChI is InChI=1S/C5H10O7S2/c6-13(7,8)5-3-1-2-4(5)12-14(9,10)11/h4-5H,1-3H2,(H,6,7,8)(H,9,10,11)/t4-,5+/m1/s1. The molecule has 0 aromatic rings. The fourth-order valence-corrected chi connectivity index (χ4v) is 3.15. The fraction of sp³-hybridized carbons (Fsp3) is 1.00. The van der Waals surface area contributed by atoms with Crippen molar-refractivity contribution in [2.45, 2.75) is 30.6 Å². The van der Waals surface area contributed by atoms with Crippen molar-refractivity contribution in [1.29, 1.82) is 0 Å². The summed E-state index contributed by atoms with van der Waals surface area (Å²) in [6.07, 6.45) is -0.478. The minimum atomic E-state index is -4.68. The molecular formula is C5H10O7S2. The molecule has 0 saturated heterocycles. The van der Waals surface area contributed by atoms with Crippen molar-refractivity contribution in [3.8, 4) is 0 Å². The summed E-state index contributed by atoms with van der Waals surface area (Å²) in [7, 11) is -9.00. The molecule has 0 aromatic heterocycles. The maximum atomic E-state index is 10.7. The lowest BCUT2D eigenvalue weighted by Crippen LogP contribution is -2.32. The second-order valence-corrected chi connectivity index (χ2v) is 5.73. The van der Waals surface area contributed by atoms with Crippen molar-refractivity contribution in [2.24, 2.45) is 0 Å². The Morgan fingerprint density at radius 1 is 1.07 bits per heavy atom. The van der Waals surface area contributed by atoms with Crippen LogP contribution < -0.4 is 0 Å². The van der Waals surface area contributed by atoms with Crippen LogP contribution in [0.25, 0.3) is 0 Å². The first-order valence-electron chi connectivity index (χ1n) is 3.82. The van der Waals surface area contributed by atoms with Crippen LogP contribution in [0.1, 0.15) is 19.3 Å². The molecule has 1 aliphatic rings. The van der Waals surface area contributed by atoms with Crippen LogP contribution in [0.2, 0.25) is 0 Å². The zero-order valence-electron chi connectivity index (χ0n) is 7.03. The third-order valence-electron chi connectivity index (χ3n) is 2.02. The summed E-state index contributed by atoms with van der Waals surface area (Å²) in [6.45, 7) is 0. The van der Waals surface area contributed by atoms with E-state index < -0.39 is 31.9 Å². The fourth-order valence-electron chi connectivity index (χ4n) is 1.50. The Hall–Kier alpha value is -0.220. The largest absolute Gasteiger partial charge is 0.397 e. The van der Waals surface area contributed by atoms with Gasteiger partial charge in [-0.2, -0.15) is 16.8 Å². The molecule has 0 amide bonds. The summed E-state index contributed by atoms with van der Waals surface area (Å²) in [5.41, 5.74) is 0. The third kappa shape index (κ3) is 3.17. The Kier molecular flexibility index (Phi) is 3.17. The maximum absolute atomic E-state index is 10.7. The van der Waals surface area contributed by atoms with Crippen molar-refractivity contribution in [2.75, 3.05) is 0 Å². The molecule has 0 unspecified atom stereocenters. The second-order valence-electron chi connectivity index (χ2n) is 3.05. The van der Waals surface area contributed by atoms with Gasteiger partial charge >= 0.3 is 10.4 Å². The van der Waals surface area contributed by atoms with E-state index in [9.17, 15) is 16.8 Å². The van der Waals surface area contributed by atoms with Crippen LogP contribution in [-0.4, -0.2) is 37.3 Å². The van der Waals surface area contributed by atoms with Gasteiger partial charge in [0.25, 0.3) is 10.1 Å². The average molecular weight is 246 g/mol. The molecule has 1 saturated carbocycles. The van der Waals surface area contributed by atoms with Gasteiger partial charge in [-0.15, -0.1) is 0 Å². The summed E-state index contributed by atoms with van der Waals surface area (Å²) >= 11 is 0. The predicted octanol–water partition coefficient (Wildman–Crippen LogP) is -0.385. The van der Waals surface area contributed by atoms with Crippen LogP contribution in [0.15, 0.2) is 0 Å². The minimum Gasteiger partial charge on any atom is -0.285 e. The SMILES string of the molecule is O=S(=O)(O)O[C@@H]1CCC[C@@H]1S(=O)(=O)O. The Balaban J connectivity index is 2.81. The van der Waals surface area contributed by atoms with Gasteiger partial charge in [0.2, 0.25) is 0 Å². The highest BCUT2D eigenvalue weighted by molar-refractivity contribution is 7.86. The first kappa shape index (κ1) is 11.9. The number of hydrogen-bond donors (Lipinski definition) is 2. The lowest BCUT2D eigenvalue weighted by atomic mass is 10.3. The predicted molar refractivity (Wildman–Crippen MR) is 45.6 cm³/mol. The smallest absolute Gasteiger partial charge is 0.285 e. The average Bonchev–Trinajstić information content (AvgIpc) is 2.29. The Bertz CT molecular complexity index is 394. The van der Waals surface area contributed by atoms with Gasteiger partial charge in [-0.3, -0.25) is 9.11 Å². The minimum absolute atomic E-state index is 0.124. The monoisotopic (exact) mass is 246 g/mol. The van der Waals surface area contributed by atoms with Gasteiger partial charge < -0.3 is 0 Å². The van der Waals surface area contributed by atoms with Crippen LogP contribution in [-0.2, 0) is 24.7 Å². The molecular weight excluding hydrogens is 236 g/mol. The zero-order valence-corrected chi connectivity index (χ0v) is 8.66. The maximum Gasteiger partial charge on any atom is 0.397 e. The van der Waals surface area contributed by atoms with E-state index in [1.165, 1.54) is 0 Å². The molecule has 1 aliphatic carbocycles. The molecule has 2 N–H and O–H groups in total. The molecule has 0 radical (unpaired) electrons. The van der Waals surface area contributed by atoms with Gasteiger partial charge in [-0.1, -0.05) is 0 Å². The van der Waals surface area contributed by atoms with Crippen molar-refractivity contribution in [1.82, 2.24) is 0 Å².